The van der Waals surface area contributed by atoms with Gasteiger partial charge in [-0.15, -0.1) is 10.2 Å². The van der Waals surface area contributed by atoms with Crippen molar-refractivity contribution in [3.05, 3.63) is 35.7 Å². The fourth-order valence-electron chi connectivity index (χ4n) is 1.63. The summed E-state index contributed by atoms with van der Waals surface area (Å²) in [6.07, 6.45) is 1.69. The van der Waals surface area contributed by atoms with Crippen molar-refractivity contribution in [1.82, 2.24) is 14.8 Å². The molecule has 5 heteroatoms. The first-order chi connectivity index (χ1) is 8.61. The maximum atomic E-state index is 8.87. The van der Waals surface area contributed by atoms with Gasteiger partial charge in [0.25, 0.3) is 0 Å². The zero-order valence-corrected chi connectivity index (χ0v) is 11.4. The summed E-state index contributed by atoms with van der Waals surface area (Å²) in [5.41, 5.74) is 3.41. The molecule has 0 aliphatic heterocycles. The monoisotopic (exact) mass is 258 g/mol. The Kier molecular flexibility index (Phi) is 3.68. The summed E-state index contributed by atoms with van der Waals surface area (Å²) < 4.78 is 1.93. The van der Waals surface area contributed by atoms with Gasteiger partial charge >= 0.3 is 0 Å². The van der Waals surface area contributed by atoms with Gasteiger partial charge in [0.2, 0.25) is 0 Å². The second-order valence-corrected chi connectivity index (χ2v) is 5.47. The first-order valence-corrected chi connectivity index (χ1v) is 6.53. The SMILES string of the molecule is Cc1ccc(C)c(-n2cnnc2SC(C)C#N)c1. The van der Waals surface area contributed by atoms with Crippen LogP contribution in [0.2, 0.25) is 0 Å². The van der Waals surface area contributed by atoms with Gasteiger partial charge < -0.3 is 0 Å². The molecule has 0 fully saturated rings. The van der Waals surface area contributed by atoms with Gasteiger partial charge in [-0.2, -0.15) is 5.26 Å². The fourth-order valence-corrected chi connectivity index (χ4v) is 2.36. The van der Waals surface area contributed by atoms with Crippen molar-refractivity contribution >= 4 is 11.8 Å². The molecule has 0 bridgehead atoms. The highest BCUT2D eigenvalue weighted by Crippen LogP contribution is 2.25. The number of hydrogen-bond donors (Lipinski definition) is 0. The van der Waals surface area contributed by atoms with Crippen LogP contribution in [0.25, 0.3) is 5.69 Å². The Balaban J connectivity index is 2.43. The van der Waals surface area contributed by atoms with E-state index in [0.29, 0.717) is 0 Å². The number of hydrogen-bond acceptors (Lipinski definition) is 4. The Morgan fingerprint density at radius 2 is 2.17 bits per heavy atom. The van der Waals surface area contributed by atoms with Gasteiger partial charge in [0.15, 0.2) is 5.16 Å². The first-order valence-electron chi connectivity index (χ1n) is 5.65. The molecule has 0 spiro atoms. The van der Waals surface area contributed by atoms with Crippen LogP contribution in [0, 0.1) is 25.2 Å². The molecule has 0 N–H and O–H groups in total. The zero-order chi connectivity index (χ0) is 13.1. The highest BCUT2D eigenvalue weighted by atomic mass is 32.2. The summed E-state index contributed by atoms with van der Waals surface area (Å²) in [7, 11) is 0. The van der Waals surface area contributed by atoms with Gasteiger partial charge in [0, 0.05) is 0 Å². The molecule has 0 saturated carbocycles. The van der Waals surface area contributed by atoms with Crippen molar-refractivity contribution in [2.45, 2.75) is 31.2 Å². The van der Waals surface area contributed by atoms with E-state index in [1.54, 1.807) is 6.33 Å². The van der Waals surface area contributed by atoms with E-state index in [1.165, 1.54) is 17.3 Å². The second-order valence-electron chi connectivity index (χ2n) is 4.16. The third-order valence-corrected chi connectivity index (χ3v) is 3.55. The molecule has 18 heavy (non-hydrogen) atoms. The van der Waals surface area contributed by atoms with Crippen LogP contribution in [0.5, 0.6) is 0 Å². The van der Waals surface area contributed by atoms with Crippen molar-refractivity contribution in [2.24, 2.45) is 0 Å². The largest absolute Gasteiger partial charge is 0.276 e. The van der Waals surface area contributed by atoms with Gasteiger partial charge in [-0.1, -0.05) is 23.9 Å². The average molecular weight is 258 g/mol. The molecule has 1 aromatic carbocycles. The third-order valence-electron chi connectivity index (χ3n) is 2.60. The molecule has 1 aromatic heterocycles. The van der Waals surface area contributed by atoms with E-state index in [9.17, 15) is 0 Å². The summed E-state index contributed by atoms with van der Waals surface area (Å²) in [4.78, 5) is 0. The topological polar surface area (TPSA) is 54.5 Å². The van der Waals surface area contributed by atoms with Crippen molar-refractivity contribution in [3.63, 3.8) is 0 Å². The number of aryl methyl sites for hydroxylation is 2. The quantitative estimate of drug-likeness (QED) is 0.794. The summed E-state index contributed by atoms with van der Waals surface area (Å²) in [6, 6.07) is 8.44. The number of nitriles is 1. The molecule has 0 radical (unpaired) electrons. The van der Waals surface area contributed by atoms with E-state index >= 15 is 0 Å². The Morgan fingerprint density at radius 3 is 2.89 bits per heavy atom. The van der Waals surface area contributed by atoms with E-state index in [4.69, 9.17) is 5.26 Å². The minimum atomic E-state index is -0.141. The van der Waals surface area contributed by atoms with E-state index in [-0.39, 0.29) is 5.25 Å². The van der Waals surface area contributed by atoms with Gasteiger partial charge in [-0.3, -0.25) is 4.57 Å². The van der Waals surface area contributed by atoms with Crippen molar-refractivity contribution in [2.75, 3.05) is 0 Å². The highest BCUT2D eigenvalue weighted by Gasteiger charge is 2.12. The van der Waals surface area contributed by atoms with Crippen LogP contribution in [0.1, 0.15) is 18.1 Å². The van der Waals surface area contributed by atoms with Crippen LogP contribution in [-0.4, -0.2) is 20.0 Å². The molecule has 0 aliphatic carbocycles. The first kappa shape index (κ1) is 12.7. The summed E-state index contributed by atoms with van der Waals surface area (Å²) in [5.74, 6) is 0. The van der Waals surface area contributed by atoms with Crippen LogP contribution in [0.4, 0.5) is 0 Å². The molecule has 0 aliphatic rings. The Bertz CT molecular complexity index is 597. The molecular weight excluding hydrogens is 244 g/mol. The van der Waals surface area contributed by atoms with Crippen molar-refractivity contribution in [1.29, 1.82) is 5.26 Å². The molecule has 4 nitrogen and oxygen atoms in total. The third kappa shape index (κ3) is 2.54. The highest BCUT2D eigenvalue weighted by molar-refractivity contribution is 8.00. The molecule has 2 rings (SSSR count). The van der Waals surface area contributed by atoms with Crippen LogP contribution < -0.4 is 0 Å². The Labute approximate surface area is 111 Å². The number of aromatic nitrogens is 3. The van der Waals surface area contributed by atoms with Crippen LogP contribution >= 0.6 is 11.8 Å². The molecule has 1 unspecified atom stereocenters. The van der Waals surface area contributed by atoms with Gasteiger partial charge in [0.05, 0.1) is 17.0 Å². The van der Waals surface area contributed by atoms with Gasteiger partial charge in [0.1, 0.15) is 6.33 Å². The minimum absolute atomic E-state index is 0.141. The van der Waals surface area contributed by atoms with E-state index in [2.05, 4.69) is 48.3 Å². The number of nitrogens with zero attached hydrogens (tertiary/aromatic N) is 4. The standard InChI is InChI=1S/C13H14N4S/c1-9-4-5-10(2)12(6-9)17-8-15-16-13(17)18-11(3)7-14/h4-6,8,11H,1-3H3. The summed E-state index contributed by atoms with van der Waals surface area (Å²) in [5, 5.41) is 17.5. The lowest BCUT2D eigenvalue weighted by molar-refractivity contribution is 0.874. The minimum Gasteiger partial charge on any atom is -0.276 e. The van der Waals surface area contributed by atoms with Crippen LogP contribution in [0.3, 0.4) is 0 Å². The summed E-state index contributed by atoms with van der Waals surface area (Å²) >= 11 is 1.41. The number of rotatable bonds is 3. The fraction of sp³-hybridized carbons (Fsp3) is 0.308. The lowest BCUT2D eigenvalue weighted by Crippen LogP contribution is -2.01. The van der Waals surface area contributed by atoms with Crippen LogP contribution in [0.15, 0.2) is 29.7 Å². The average Bonchev–Trinajstić information content (AvgIpc) is 2.80. The predicted octanol–water partition coefficient (Wildman–Crippen LogP) is 2.89. The van der Waals surface area contributed by atoms with Crippen LogP contribution in [-0.2, 0) is 0 Å². The lowest BCUT2D eigenvalue weighted by Gasteiger charge is -2.10. The Morgan fingerprint density at radius 1 is 1.39 bits per heavy atom. The number of benzene rings is 1. The van der Waals surface area contributed by atoms with E-state index in [0.717, 1.165) is 16.4 Å². The van der Waals surface area contributed by atoms with E-state index in [1.807, 2.05) is 11.5 Å². The molecule has 92 valence electrons. The zero-order valence-electron chi connectivity index (χ0n) is 10.6. The van der Waals surface area contributed by atoms with E-state index < -0.39 is 0 Å². The molecule has 0 saturated heterocycles. The lowest BCUT2D eigenvalue weighted by atomic mass is 10.1. The predicted molar refractivity (Wildman–Crippen MR) is 71.8 cm³/mol. The Hall–Kier alpha value is -1.80. The second kappa shape index (κ2) is 5.23. The maximum absolute atomic E-state index is 8.87. The van der Waals surface area contributed by atoms with Crippen molar-refractivity contribution in [3.8, 4) is 11.8 Å². The van der Waals surface area contributed by atoms with Gasteiger partial charge in [-0.25, -0.2) is 0 Å². The molecular formula is C13H14N4S. The smallest absolute Gasteiger partial charge is 0.196 e. The van der Waals surface area contributed by atoms with Crippen molar-refractivity contribution < 1.29 is 0 Å². The number of thioether (sulfide) groups is 1. The maximum Gasteiger partial charge on any atom is 0.196 e. The van der Waals surface area contributed by atoms with Gasteiger partial charge in [-0.05, 0) is 38.0 Å². The summed E-state index contributed by atoms with van der Waals surface area (Å²) in [6.45, 7) is 5.96. The molecule has 2 aromatic rings. The molecule has 0 amide bonds. The molecule has 1 atom stereocenters. The normalized spacial score (nSPS) is 12.1. The molecule has 1 heterocycles.